The van der Waals surface area contributed by atoms with Crippen molar-refractivity contribution in [1.29, 1.82) is 0 Å². The molecule has 0 spiro atoms. The Kier molecular flexibility index (Phi) is 8.46. The van der Waals surface area contributed by atoms with Gasteiger partial charge in [-0.05, 0) is 6.92 Å². The fraction of sp³-hybridized carbons (Fsp3) is 0.857. The largest absolute Gasteiger partial charge is 0.475 e. The third kappa shape index (κ3) is 5.39. The number of aliphatic hydroxyl groups excluding tert-OH is 7. The summed E-state index contributed by atoms with van der Waals surface area (Å²) in [7, 11) is 0. The van der Waals surface area contributed by atoms with Crippen molar-refractivity contribution in [2.45, 2.75) is 68.5 Å². The lowest BCUT2D eigenvalue weighted by Gasteiger charge is -2.41. The molecule has 1 heterocycles. The van der Waals surface area contributed by atoms with Gasteiger partial charge < -0.3 is 50.3 Å². The maximum Gasteiger partial charge on any atom is 0.372 e. The Bertz CT molecular complexity index is 485. The maximum absolute atomic E-state index is 11.3. The van der Waals surface area contributed by atoms with E-state index in [0.29, 0.717) is 0 Å². The standard InChI is InChI=1S/C14H24O12/c1-4-8(19)10(21)11(22)14(25-4)26-12(9(20)7(18)3-15)5(16)2-6(17)13(23)24/h4-5,7-12,14-16,18-22H,2-3H2,1H3,(H,23,24)/t4-,5+,7+,8-,9+,10+,11-,12+,14-/m0/s1. The summed E-state index contributed by atoms with van der Waals surface area (Å²) in [6.07, 6.45) is -16.3. The molecule has 1 rings (SSSR count). The van der Waals surface area contributed by atoms with Gasteiger partial charge in [-0.1, -0.05) is 0 Å². The van der Waals surface area contributed by atoms with Crippen LogP contribution in [0.1, 0.15) is 13.3 Å². The summed E-state index contributed by atoms with van der Waals surface area (Å²) < 4.78 is 10.3. The second kappa shape index (κ2) is 9.64. The van der Waals surface area contributed by atoms with Gasteiger partial charge in [0.25, 0.3) is 0 Å². The van der Waals surface area contributed by atoms with E-state index in [4.69, 9.17) is 19.7 Å². The van der Waals surface area contributed by atoms with Crippen molar-refractivity contribution in [1.82, 2.24) is 0 Å². The van der Waals surface area contributed by atoms with Crippen LogP contribution in [0, 0.1) is 0 Å². The lowest BCUT2D eigenvalue weighted by Crippen LogP contribution is -2.60. The lowest BCUT2D eigenvalue weighted by molar-refractivity contribution is -0.320. The van der Waals surface area contributed by atoms with Crippen molar-refractivity contribution in [3.05, 3.63) is 0 Å². The smallest absolute Gasteiger partial charge is 0.372 e. The van der Waals surface area contributed by atoms with E-state index in [-0.39, 0.29) is 0 Å². The van der Waals surface area contributed by atoms with E-state index in [0.717, 1.165) is 0 Å². The average molecular weight is 384 g/mol. The van der Waals surface area contributed by atoms with Crippen molar-refractivity contribution in [3.63, 3.8) is 0 Å². The Balaban J connectivity index is 2.97. The Hall–Kier alpha value is -1.22. The molecule has 0 unspecified atom stereocenters. The maximum atomic E-state index is 11.3. The molecule has 0 bridgehead atoms. The molecule has 0 aromatic heterocycles. The van der Waals surface area contributed by atoms with Gasteiger partial charge in [0.15, 0.2) is 6.29 Å². The van der Waals surface area contributed by atoms with Gasteiger partial charge in [-0.3, -0.25) is 4.79 Å². The molecule has 26 heavy (non-hydrogen) atoms. The second-order valence-electron chi connectivity index (χ2n) is 6.02. The Morgan fingerprint density at radius 3 is 2.12 bits per heavy atom. The molecule has 0 aliphatic carbocycles. The molecular formula is C14H24O12. The summed E-state index contributed by atoms with van der Waals surface area (Å²) in [5, 5.41) is 76.4. The molecule has 1 fully saturated rings. The summed E-state index contributed by atoms with van der Waals surface area (Å²) in [4.78, 5) is 21.9. The number of aliphatic hydroxyl groups is 7. The summed E-state index contributed by atoms with van der Waals surface area (Å²) in [5.41, 5.74) is 0. The van der Waals surface area contributed by atoms with Gasteiger partial charge in [0.05, 0.1) is 18.8 Å². The van der Waals surface area contributed by atoms with Crippen molar-refractivity contribution in [3.8, 4) is 0 Å². The number of ketones is 1. The zero-order valence-electron chi connectivity index (χ0n) is 13.8. The first-order valence-corrected chi connectivity index (χ1v) is 7.77. The zero-order chi connectivity index (χ0) is 20.2. The van der Waals surface area contributed by atoms with Crippen molar-refractivity contribution in [2.24, 2.45) is 0 Å². The normalized spacial score (nSPS) is 33.9. The van der Waals surface area contributed by atoms with Crippen LogP contribution in [-0.4, -0.2) is 114 Å². The Morgan fingerprint density at radius 1 is 1.04 bits per heavy atom. The number of hydrogen-bond acceptors (Lipinski definition) is 11. The molecule has 0 aromatic carbocycles. The van der Waals surface area contributed by atoms with E-state index < -0.39 is 79.9 Å². The molecule has 12 nitrogen and oxygen atoms in total. The number of carboxylic acids is 1. The van der Waals surface area contributed by atoms with Gasteiger partial charge >= 0.3 is 5.97 Å². The molecular weight excluding hydrogens is 360 g/mol. The highest BCUT2D eigenvalue weighted by Crippen LogP contribution is 2.25. The van der Waals surface area contributed by atoms with Crippen LogP contribution in [0.15, 0.2) is 0 Å². The van der Waals surface area contributed by atoms with Crippen LogP contribution < -0.4 is 0 Å². The van der Waals surface area contributed by atoms with Gasteiger partial charge in [-0.25, -0.2) is 4.79 Å². The van der Waals surface area contributed by atoms with Crippen molar-refractivity contribution < 1.29 is 59.9 Å². The van der Waals surface area contributed by atoms with E-state index in [1.807, 2.05) is 0 Å². The molecule has 0 saturated carbocycles. The number of hydrogen-bond donors (Lipinski definition) is 8. The lowest BCUT2D eigenvalue weighted by atomic mass is 9.97. The van der Waals surface area contributed by atoms with E-state index in [2.05, 4.69) is 0 Å². The minimum absolute atomic E-state index is 0.952. The minimum Gasteiger partial charge on any atom is -0.475 e. The van der Waals surface area contributed by atoms with Crippen LogP contribution in [0.3, 0.4) is 0 Å². The van der Waals surface area contributed by atoms with Gasteiger partial charge in [0.1, 0.15) is 36.6 Å². The SMILES string of the molecule is C[C@@H]1O[C@@H](O[C@@H]([C@H](O)[C@H](O)CO)[C@H](O)CC(=O)C(=O)O)[C@@H](O)[C@H](O)[C@H]1O. The number of carbonyl (C=O) groups excluding carboxylic acids is 1. The number of ether oxygens (including phenoxy) is 2. The minimum atomic E-state index is -1.99. The third-order valence-corrected chi connectivity index (χ3v) is 4.03. The quantitative estimate of drug-likeness (QED) is 0.176. The first-order chi connectivity index (χ1) is 12.0. The molecule has 1 aliphatic heterocycles. The highest BCUT2D eigenvalue weighted by molar-refractivity contribution is 6.32. The summed E-state index contributed by atoms with van der Waals surface area (Å²) in [6.45, 7) is 0.390. The Labute approximate surface area is 147 Å². The molecule has 12 heteroatoms. The first kappa shape index (κ1) is 22.8. The molecule has 9 atom stereocenters. The highest BCUT2D eigenvalue weighted by Gasteiger charge is 2.46. The van der Waals surface area contributed by atoms with Crippen LogP contribution >= 0.6 is 0 Å². The van der Waals surface area contributed by atoms with E-state index >= 15 is 0 Å². The molecule has 1 aliphatic rings. The molecule has 0 amide bonds. The monoisotopic (exact) mass is 384 g/mol. The van der Waals surface area contributed by atoms with Crippen molar-refractivity contribution in [2.75, 3.05) is 6.61 Å². The van der Waals surface area contributed by atoms with Crippen LogP contribution in [0.25, 0.3) is 0 Å². The summed E-state index contributed by atoms with van der Waals surface area (Å²) in [6, 6.07) is 0. The zero-order valence-corrected chi connectivity index (χ0v) is 13.8. The highest BCUT2D eigenvalue weighted by atomic mass is 16.7. The predicted molar refractivity (Wildman–Crippen MR) is 79.6 cm³/mol. The molecule has 1 saturated heterocycles. The van der Waals surface area contributed by atoms with Gasteiger partial charge in [-0.2, -0.15) is 0 Å². The molecule has 152 valence electrons. The van der Waals surface area contributed by atoms with Crippen LogP contribution in [0.2, 0.25) is 0 Å². The number of rotatable bonds is 9. The van der Waals surface area contributed by atoms with Gasteiger partial charge in [0, 0.05) is 6.42 Å². The summed E-state index contributed by atoms with van der Waals surface area (Å²) in [5.74, 6) is -3.26. The van der Waals surface area contributed by atoms with E-state index in [1.165, 1.54) is 6.92 Å². The number of carboxylic acid groups (broad SMARTS) is 1. The fourth-order valence-corrected chi connectivity index (χ4v) is 2.40. The predicted octanol–water partition coefficient (Wildman–Crippen LogP) is -4.68. The number of aliphatic carboxylic acids is 1. The van der Waals surface area contributed by atoms with Gasteiger partial charge in [0.2, 0.25) is 5.78 Å². The topological polar surface area (TPSA) is 214 Å². The van der Waals surface area contributed by atoms with Crippen LogP contribution in [-0.2, 0) is 19.1 Å². The first-order valence-electron chi connectivity index (χ1n) is 7.77. The van der Waals surface area contributed by atoms with E-state index in [9.17, 15) is 40.2 Å². The van der Waals surface area contributed by atoms with Crippen LogP contribution in [0.5, 0.6) is 0 Å². The number of carbonyl (C=O) groups is 2. The van der Waals surface area contributed by atoms with E-state index in [1.54, 1.807) is 0 Å². The molecule has 0 radical (unpaired) electrons. The summed E-state index contributed by atoms with van der Waals surface area (Å²) >= 11 is 0. The average Bonchev–Trinajstić information content (AvgIpc) is 2.60. The van der Waals surface area contributed by atoms with Crippen LogP contribution in [0.4, 0.5) is 0 Å². The third-order valence-electron chi connectivity index (χ3n) is 4.03. The van der Waals surface area contributed by atoms with Gasteiger partial charge in [-0.15, -0.1) is 0 Å². The molecule has 0 aromatic rings. The fourth-order valence-electron chi connectivity index (χ4n) is 2.40. The number of Topliss-reactive ketones (excluding diaryl/α,β-unsaturated/α-hetero) is 1. The second-order valence-corrected chi connectivity index (χ2v) is 6.02. The Morgan fingerprint density at radius 2 is 1.62 bits per heavy atom. The molecule has 8 N–H and O–H groups in total. The van der Waals surface area contributed by atoms with Crippen molar-refractivity contribution >= 4 is 11.8 Å².